The minimum absolute atomic E-state index is 0.137. The van der Waals surface area contributed by atoms with E-state index in [0.717, 1.165) is 11.1 Å². The summed E-state index contributed by atoms with van der Waals surface area (Å²) >= 11 is 6.12. The van der Waals surface area contributed by atoms with E-state index in [9.17, 15) is 9.59 Å². The molecular formula is C21H24ClNO5. The van der Waals surface area contributed by atoms with Crippen molar-refractivity contribution in [3.63, 3.8) is 0 Å². The standard InChI is InChI=1S/C21H24ClNO5/c1-4-26-9-10-27-21(25)16-5-7-17(8-6-16)23-19(24)13-28-18-11-14(2)20(22)15(3)12-18/h5-8,11-12H,4,9-10,13H2,1-3H3,(H,23,24). The third-order valence-electron chi connectivity index (χ3n) is 3.85. The Balaban J connectivity index is 1.83. The summed E-state index contributed by atoms with van der Waals surface area (Å²) in [6, 6.07) is 10.0. The van der Waals surface area contributed by atoms with Crippen molar-refractivity contribution in [2.24, 2.45) is 0 Å². The maximum Gasteiger partial charge on any atom is 0.338 e. The number of carbonyl (C=O) groups excluding carboxylic acids is 2. The Hall–Kier alpha value is -2.57. The molecule has 0 heterocycles. The lowest BCUT2D eigenvalue weighted by molar-refractivity contribution is -0.118. The van der Waals surface area contributed by atoms with Gasteiger partial charge in [0.15, 0.2) is 6.61 Å². The van der Waals surface area contributed by atoms with Crippen molar-refractivity contribution >= 4 is 29.2 Å². The Morgan fingerprint density at radius 3 is 2.29 bits per heavy atom. The predicted octanol–water partition coefficient (Wildman–Crippen LogP) is 4.17. The minimum Gasteiger partial charge on any atom is -0.484 e. The quantitative estimate of drug-likeness (QED) is 0.500. The first-order chi connectivity index (χ1) is 13.4. The SMILES string of the molecule is CCOCCOC(=O)c1ccc(NC(=O)COc2cc(C)c(Cl)c(C)c2)cc1. The van der Waals surface area contributed by atoms with Gasteiger partial charge in [0.05, 0.1) is 12.2 Å². The van der Waals surface area contributed by atoms with Gasteiger partial charge in [-0.05, 0) is 68.3 Å². The van der Waals surface area contributed by atoms with Crippen LogP contribution in [-0.2, 0) is 14.3 Å². The van der Waals surface area contributed by atoms with E-state index in [-0.39, 0.29) is 19.1 Å². The molecule has 0 aliphatic heterocycles. The van der Waals surface area contributed by atoms with E-state index in [4.69, 9.17) is 25.8 Å². The molecule has 0 fully saturated rings. The van der Waals surface area contributed by atoms with Gasteiger partial charge in [0.1, 0.15) is 12.4 Å². The summed E-state index contributed by atoms with van der Waals surface area (Å²) in [7, 11) is 0. The molecule has 2 rings (SSSR count). The third kappa shape index (κ3) is 6.55. The van der Waals surface area contributed by atoms with Gasteiger partial charge in [-0.1, -0.05) is 11.6 Å². The van der Waals surface area contributed by atoms with Crippen molar-refractivity contribution in [3.05, 3.63) is 58.1 Å². The topological polar surface area (TPSA) is 73.9 Å². The van der Waals surface area contributed by atoms with Gasteiger partial charge in [0.25, 0.3) is 5.91 Å². The second-order valence-corrected chi connectivity index (χ2v) is 6.50. The molecule has 7 heteroatoms. The minimum atomic E-state index is -0.436. The van der Waals surface area contributed by atoms with Crippen LogP contribution in [0.1, 0.15) is 28.4 Å². The summed E-state index contributed by atoms with van der Waals surface area (Å²) in [4.78, 5) is 24.0. The van der Waals surface area contributed by atoms with Crippen LogP contribution in [0.15, 0.2) is 36.4 Å². The van der Waals surface area contributed by atoms with E-state index in [1.165, 1.54) is 0 Å². The Morgan fingerprint density at radius 1 is 1.04 bits per heavy atom. The molecule has 0 saturated heterocycles. The van der Waals surface area contributed by atoms with Gasteiger partial charge >= 0.3 is 5.97 Å². The normalized spacial score (nSPS) is 10.4. The molecule has 0 saturated carbocycles. The Labute approximate surface area is 169 Å². The average Bonchev–Trinajstić information content (AvgIpc) is 2.68. The maximum absolute atomic E-state index is 12.1. The number of rotatable bonds is 9. The number of nitrogens with one attached hydrogen (secondary N) is 1. The lowest BCUT2D eigenvalue weighted by Gasteiger charge is -2.11. The first-order valence-electron chi connectivity index (χ1n) is 8.95. The lowest BCUT2D eigenvalue weighted by Crippen LogP contribution is -2.20. The summed E-state index contributed by atoms with van der Waals surface area (Å²) in [5.41, 5.74) is 2.74. The molecule has 0 aromatic heterocycles. The molecule has 0 unspecified atom stereocenters. The molecule has 1 N–H and O–H groups in total. The fourth-order valence-electron chi connectivity index (χ4n) is 2.45. The molecule has 0 atom stereocenters. The fourth-order valence-corrected chi connectivity index (χ4v) is 2.56. The van der Waals surface area contributed by atoms with Crippen LogP contribution in [0, 0.1) is 13.8 Å². The summed E-state index contributed by atoms with van der Waals surface area (Å²) in [5.74, 6) is -0.161. The van der Waals surface area contributed by atoms with Crippen LogP contribution in [0.4, 0.5) is 5.69 Å². The smallest absolute Gasteiger partial charge is 0.338 e. The Morgan fingerprint density at radius 2 is 1.68 bits per heavy atom. The fraction of sp³-hybridized carbons (Fsp3) is 0.333. The van der Waals surface area contributed by atoms with Crippen LogP contribution in [0.5, 0.6) is 5.75 Å². The largest absolute Gasteiger partial charge is 0.484 e. The number of amides is 1. The van der Waals surface area contributed by atoms with Crippen molar-refractivity contribution in [1.29, 1.82) is 0 Å². The Kier molecular flexibility index (Phi) is 8.29. The van der Waals surface area contributed by atoms with Gasteiger partial charge < -0.3 is 19.5 Å². The maximum atomic E-state index is 12.1. The summed E-state index contributed by atoms with van der Waals surface area (Å²) in [5, 5.41) is 3.40. The second kappa shape index (κ2) is 10.7. The highest BCUT2D eigenvalue weighted by Crippen LogP contribution is 2.25. The van der Waals surface area contributed by atoms with Crippen molar-refractivity contribution in [2.45, 2.75) is 20.8 Å². The van der Waals surface area contributed by atoms with Crippen LogP contribution >= 0.6 is 11.6 Å². The van der Waals surface area contributed by atoms with E-state index < -0.39 is 5.97 Å². The van der Waals surface area contributed by atoms with Gasteiger partial charge in [0, 0.05) is 17.3 Å². The lowest BCUT2D eigenvalue weighted by atomic mass is 10.1. The highest BCUT2D eigenvalue weighted by molar-refractivity contribution is 6.32. The van der Waals surface area contributed by atoms with Crippen molar-refractivity contribution in [3.8, 4) is 5.75 Å². The first-order valence-corrected chi connectivity index (χ1v) is 9.32. The summed E-state index contributed by atoms with van der Waals surface area (Å²) in [6.07, 6.45) is 0. The number of anilines is 1. The third-order valence-corrected chi connectivity index (χ3v) is 4.45. The molecular weight excluding hydrogens is 382 g/mol. The van der Waals surface area contributed by atoms with Gasteiger partial charge in [-0.15, -0.1) is 0 Å². The highest BCUT2D eigenvalue weighted by Gasteiger charge is 2.09. The summed E-state index contributed by atoms with van der Waals surface area (Å²) in [6.45, 7) is 6.64. The zero-order valence-corrected chi connectivity index (χ0v) is 17.0. The van der Waals surface area contributed by atoms with E-state index in [2.05, 4.69) is 5.32 Å². The number of ether oxygens (including phenoxy) is 3. The van der Waals surface area contributed by atoms with Crippen molar-refractivity contribution in [2.75, 3.05) is 31.7 Å². The summed E-state index contributed by atoms with van der Waals surface area (Å²) < 4.78 is 15.7. The van der Waals surface area contributed by atoms with E-state index >= 15 is 0 Å². The average molecular weight is 406 g/mol. The van der Waals surface area contributed by atoms with Crippen LogP contribution < -0.4 is 10.1 Å². The number of carbonyl (C=O) groups is 2. The van der Waals surface area contributed by atoms with Gasteiger partial charge in [0.2, 0.25) is 0 Å². The van der Waals surface area contributed by atoms with Gasteiger partial charge in [-0.3, -0.25) is 4.79 Å². The number of hydrogen-bond acceptors (Lipinski definition) is 5. The number of halogens is 1. The van der Waals surface area contributed by atoms with Crippen LogP contribution in [0.25, 0.3) is 0 Å². The van der Waals surface area contributed by atoms with E-state index in [0.29, 0.717) is 35.2 Å². The molecule has 28 heavy (non-hydrogen) atoms. The predicted molar refractivity (Wildman–Crippen MR) is 108 cm³/mol. The molecule has 6 nitrogen and oxygen atoms in total. The van der Waals surface area contributed by atoms with Crippen molar-refractivity contribution in [1.82, 2.24) is 0 Å². The molecule has 0 aliphatic rings. The molecule has 1 amide bonds. The molecule has 150 valence electrons. The molecule has 2 aromatic rings. The number of benzene rings is 2. The van der Waals surface area contributed by atoms with Crippen LogP contribution in [0.3, 0.4) is 0 Å². The highest BCUT2D eigenvalue weighted by atomic mass is 35.5. The van der Waals surface area contributed by atoms with Gasteiger partial charge in [-0.25, -0.2) is 4.79 Å². The zero-order chi connectivity index (χ0) is 20.5. The monoisotopic (exact) mass is 405 g/mol. The van der Waals surface area contributed by atoms with E-state index in [1.54, 1.807) is 36.4 Å². The molecule has 0 spiro atoms. The van der Waals surface area contributed by atoms with Crippen LogP contribution in [-0.4, -0.2) is 38.3 Å². The number of esters is 1. The molecule has 0 radical (unpaired) electrons. The molecule has 0 aliphatic carbocycles. The number of aryl methyl sites for hydroxylation is 2. The van der Waals surface area contributed by atoms with E-state index in [1.807, 2.05) is 20.8 Å². The first kappa shape index (κ1) is 21.7. The van der Waals surface area contributed by atoms with Crippen LogP contribution in [0.2, 0.25) is 5.02 Å². The van der Waals surface area contributed by atoms with Crippen molar-refractivity contribution < 1.29 is 23.8 Å². The van der Waals surface area contributed by atoms with Gasteiger partial charge in [-0.2, -0.15) is 0 Å². The molecule has 2 aromatic carbocycles. The number of hydrogen-bond donors (Lipinski definition) is 1. The molecule has 0 bridgehead atoms. The second-order valence-electron chi connectivity index (χ2n) is 6.12. The zero-order valence-electron chi connectivity index (χ0n) is 16.2. The Bertz CT molecular complexity index is 797.